The van der Waals surface area contributed by atoms with Gasteiger partial charge in [-0.05, 0) is 51.1 Å². The second-order valence-electron chi connectivity index (χ2n) is 5.42. The number of rotatable bonds is 4. The lowest BCUT2D eigenvalue weighted by atomic mass is 10.1. The first-order chi connectivity index (χ1) is 9.90. The maximum Gasteiger partial charge on any atom is 0.416 e. The Bertz CT molecular complexity index is 528. The molecule has 0 amide bonds. The van der Waals surface area contributed by atoms with E-state index in [9.17, 15) is 13.2 Å². The molecule has 2 rings (SSSR count). The summed E-state index contributed by atoms with van der Waals surface area (Å²) < 4.78 is 37.9. The number of anilines is 1. The van der Waals surface area contributed by atoms with Gasteiger partial charge in [0, 0.05) is 12.6 Å². The van der Waals surface area contributed by atoms with Crippen LogP contribution in [0.2, 0.25) is 0 Å². The van der Waals surface area contributed by atoms with Crippen molar-refractivity contribution < 1.29 is 13.2 Å². The number of hydrogen-bond acceptors (Lipinski definition) is 3. The summed E-state index contributed by atoms with van der Waals surface area (Å²) in [5, 5.41) is 12.2. The van der Waals surface area contributed by atoms with E-state index in [4.69, 9.17) is 5.26 Å². The molecule has 0 saturated carbocycles. The molecule has 1 N–H and O–H groups in total. The second kappa shape index (κ2) is 6.35. The van der Waals surface area contributed by atoms with E-state index < -0.39 is 11.7 Å². The van der Waals surface area contributed by atoms with Crippen LogP contribution in [-0.2, 0) is 6.18 Å². The van der Waals surface area contributed by atoms with Crippen molar-refractivity contribution in [2.75, 3.05) is 25.0 Å². The SMILES string of the molecule is CC(CN1CCCC1)Nc1ccc(C(F)(F)F)cc1C#N. The Morgan fingerprint density at radius 2 is 2.00 bits per heavy atom. The highest BCUT2D eigenvalue weighted by Gasteiger charge is 2.31. The molecule has 1 aliphatic heterocycles. The summed E-state index contributed by atoms with van der Waals surface area (Å²) in [7, 11) is 0. The van der Waals surface area contributed by atoms with Crippen LogP contribution in [0.15, 0.2) is 18.2 Å². The first-order valence-electron chi connectivity index (χ1n) is 7.00. The highest BCUT2D eigenvalue weighted by molar-refractivity contribution is 5.59. The lowest BCUT2D eigenvalue weighted by Gasteiger charge is -2.22. The van der Waals surface area contributed by atoms with E-state index in [0.29, 0.717) is 5.69 Å². The van der Waals surface area contributed by atoms with Crippen molar-refractivity contribution in [3.05, 3.63) is 29.3 Å². The summed E-state index contributed by atoms with van der Waals surface area (Å²) in [4.78, 5) is 2.31. The third kappa shape index (κ3) is 4.11. The van der Waals surface area contributed by atoms with Gasteiger partial charge in [0.15, 0.2) is 0 Å². The predicted molar refractivity (Wildman–Crippen MR) is 74.9 cm³/mol. The Labute approximate surface area is 122 Å². The number of nitrogens with one attached hydrogen (secondary N) is 1. The summed E-state index contributed by atoms with van der Waals surface area (Å²) in [5.41, 5.74) is -0.313. The topological polar surface area (TPSA) is 39.1 Å². The van der Waals surface area contributed by atoms with Crippen molar-refractivity contribution in [2.45, 2.75) is 32.0 Å². The molecule has 1 unspecified atom stereocenters. The lowest BCUT2D eigenvalue weighted by molar-refractivity contribution is -0.137. The molecule has 1 atom stereocenters. The van der Waals surface area contributed by atoms with Gasteiger partial charge in [-0.3, -0.25) is 0 Å². The number of nitrogens with zero attached hydrogens (tertiary/aromatic N) is 2. The molecule has 0 spiro atoms. The Morgan fingerprint density at radius 3 is 2.57 bits per heavy atom. The highest BCUT2D eigenvalue weighted by atomic mass is 19.4. The molecule has 0 aliphatic carbocycles. The van der Waals surface area contributed by atoms with Gasteiger partial charge in [0.05, 0.1) is 16.8 Å². The maximum atomic E-state index is 12.6. The van der Waals surface area contributed by atoms with Crippen molar-refractivity contribution in [3.63, 3.8) is 0 Å². The Hall–Kier alpha value is -1.74. The molecule has 1 saturated heterocycles. The van der Waals surface area contributed by atoms with Crippen LogP contribution in [-0.4, -0.2) is 30.6 Å². The van der Waals surface area contributed by atoms with E-state index in [1.807, 2.05) is 13.0 Å². The van der Waals surface area contributed by atoms with Gasteiger partial charge in [0.1, 0.15) is 6.07 Å². The third-order valence-electron chi connectivity index (χ3n) is 3.60. The monoisotopic (exact) mass is 297 g/mol. The molecule has 3 nitrogen and oxygen atoms in total. The lowest BCUT2D eigenvalue weighted by Crippen LogP contribution is -2.33. The van der Waals surface area contributed by atoms with Gasteiger partial charge in [-0.2, -0.15) is 18.4 Å². The summed E-state index contributed by atoms with van der Waals surface area (Å²) in [6.07, 6.45) is -2.04. The number of likely N-dealkylation sites (tertiary alicyclic amines) is 1. The van der Waals surface area contributed by atoms with Crippen molar-refractivity contribution in [1.82, 2.24) is 4.90 Å². The molecular weight excluding hydrogens is 279 g/mol. The minimum atomic E-state index is -4.43. The van der Waals surface area contributed by atoms with Crippen molar-refractivity contribution >= 4 is 5.69 Å². The first kappa shape index (κ1) is 15.6. The van der Waals surface area contributed by atoms with Crippen LogP contribution in [0.5, 0.6) is 0 Å². The molecule has 0 bridgehead atoms. The van der Waals surface area contributed by atoms with Gasteiger partial charge >= 0.3 is 6.18 Å². The Balaban J connectivity index is 2.07. The number of halogens is 3. The third-order valence-corrected chi connectivity index (χ3v) is 3.60. The van der Waals surface area contributed by atoms with Crippen LogP contribution in [0.1, 0.15) is 30.9 Å². The fourth-order valence-electron chi connectivity index (χ4n) is 2.60. The Kier molecular flexibility index (Phi) is 4.73. The van der Waals surface area contributed by atoms with E-state index >= 15 is 0 Å². The van der Waals surface area contributed by atoms with Crippen LogP contribution in [0, 0.1) is 11.3 Å². The zero-order valence-corrected chi connectivity index (χ0v) is 11.9. The average Bonchev–Trinajstić information content (AvgIpc) is 2.90. The molecule has 1 aromatic rings. The van der Waals surface area contributed by atoms with E-state index in [-0.39, 0.29) is 11.6 Å². The number of hydrogen-bond donors (Lipinski definition) is 1. The minimum absolute atomic E-state index is 0.0260. The zero-order valence-electron chi connectivity index (χ0n) is 11.9. The number of nitriles is 1. The number of benzene rings is 1. The largest absolute Gasteiger partial charge is 0.416 e. The predicted octanol–water partition coefficient (Wildman–Crippen LogP) is 3.47. The fraction of sp³-hybridized carbons (Fsp3) is 0.533. The Morgan fingerprint density at radius 1 is 1.33 bits per heavy atom. The van der Waals surface area contributed by atoms with Gasteiger partial charge in [-0.15, -0.1) is 0 Å². The maximum absolute atomic E-state index is 12.6. The van der Waals surface area contributed by atoms with Gasteiger partial charge < -0.3 is 10.2 Å². The smallest absolute Gasteiger partial charge is 0.380 e. The summed E-state index contributed by atoms with van der Waals surface area (Å²) in [5.74, 6) is 0. The molecule has 6 heteroatoms. The van der Waals surface area contributed by atoms with Crippen LogP contribution in [0.4, 0.5) is 18.9 Å². The molecule has 1 aliphatic rings. The highest BCUT2D eigenvalue weighted by Crippen LogP contribution is 2.31. The molecule has 114 valence electrons. The molecule has 1 heterocycles. The van der Waals surface area contributed by atoms with Crippen LogP contribution < -0.4 is 5.32 Å². The summed E-state index contributed by atoms with van der Waals surface area (Å²) >= 11 is 0. The van der Waals surface area contributed by atoms with Crippen molar-refractivity contribution in [1.29, 1.82) is 5.26 Å². The van der Waals surface area contributed by atoms with Gasteiger partial charge in [-0.1, -0.05) is 0 Å². The molecule has 0 radical (unpaired) electrons. The van der Waals surface area contributed by atoms with E-state index in [2.05, 4.69) is 10.2 Å². The van der Waals surface area contributed by atoms with Crippen LogP contribution >= 0.6 is 0 Å². The molecule has 1 fully saturated rings. The summed E-state index contributed by atoms with van der Waals surface area (Å²) in [6, 6.07) is 5.14. The quantitative estimate of drug-likeness (QED) is 0.925. The zero-order chi connectivity index (χ0) is 15.5. The van der Waals surface area contributed by atoms with Crippen molar-refractivity contribution in [3.8, 4) is 6.07 Å². The second-order valence-corrected chi connectivity index (χ2v) is 5.42. The minimum Gasteiger partial charge on any atom is -0.380 e. The number of alkyl halides is 3. The van der Waals surface area contributed by atoms with Gasteiger partial charge in [0.25, 0.3) is 0 Å². The van der Waals surface area contributed by atoms with E-state index in [1.54, 1.807) is 0 Å². The first-order valence-corrected chi connectivity index (χ1v) is 7.00. The molecule has 21 heavy (non-hydrogen) atoms. The molecule has 1 aromatic carbocycles. The van der Waals surface area contributed by atoms with Gasteiger partial charge in [0.2, 0.25) is 0 Å². The fourth-order valence-corrected chi connectivity index (χ4v) is 2.60. The average molecular weight is 297 g/mol. The normalized spacial score (nSPS) is 17.5. The molecule has 0 aromatic heterocycles. The van der Waals surface area contributed by atoms with Crippen LogP contribution in [0.25, 0.3) is 0 Å². The van der Waals surface area contributed by atoms with E-state index in [0.717, 1.165) is 31.8 Å². The van der Waals surface area contributed by atoms with Gasteiger partial charge in [-0.25, -0.2) is 0 Å². The summed E-state index contributed by atoms with van der Waals surface area (Å²) in [6.45, 7) is 4.91. The van der Waals surface area contributed by atoms with E-state index in [1.165, 1.54) is 18.9 Å². The van der Waals surface area contributed by atoms with Crippen molar-refractivity contribution in [2.24, 2.45) is 0 Å². The molecular formula is C15H18F3N3. The standard InChI is InChI=1S/C15H18F3N3/c1-11(10-21-6-2-3-7-21)20-14-5-4-13(15(16,17)18)8-12(14)9-19/h4-5,8,11,20H,2-3,6-7,10H2,1H3. The van der Waals surface area contributed by atoms with Crippen LogP contribution in [0.3, 0.4) is 0 Å².